The third kappa shape index (κ3) is 2.45. The molecular formula is C29H46O. The fourth-order valence-corrected chi connectivity index (χ4v) is 11.0. The highest BCUT2D eigenvalue weighted by molar-refractivity contribution is 5.85. The monoisotopic (exact) mass is 410 g/mol. The number of rotatable bonds is 1. The molecule has 1 nitrogen and oxygen atoms in total. The van der Waals surface area contributed by atoms with Gasteiger partial charge in [-0.25, -0.2) is 0 Å². The molecule has 5 aliphatic carbocycles. The molecule has 0 aromatic carbocycles. The van der Waals surface area contributed by atoms with Crippen LogP contribution in [0, 0.1) is 57.2 Å². The van der Waals surface area contributed by atoms with Crippen molar-refractivity contribution in [2.75, 3.05) is 0 Å². The summed E-state index contributed by atoms with van der Waals surface area (Å²) in [5.74, 6) is 5.42. The average Bonchev–Trinajstić information content (AvgIpc) is 3.10. The van der Waals surface area contributed by atoms with Crippen LogP contribution < -0.4 is 0 Å². The van der Waals surface area contributed by atoms with E-state index in [9.17, 15) is 4.79 Å². The Kier molecular flexibility index (Phi) is 4.59. The van der Waals surface area contributed by atoms with Crippen LogP contribution in [0.4, 0.5) is 0 Å². The number of allylic oxidation sites excluding steroid dienone is 1. The van der Waals surface area contributed by atoms with E-state index in [4.69, 9.17) is 0 Å². The van der Waals surface area contributed by atoms with Crippen LogP contribution in [-0.2, 0) is 4.79 Å². The van der Waals surface area contributed by atoms with Crippen molar-refractivity contribution in [2.45, 2.75) is 106 Å². The van der Waals surface area contributed by atoms with Crippen molar-refractivity contribution in [3.05, 3.63) is 12.2 Å². The summed E-state index contributed by atoms with van der Waals surface area (Å²) in [6, 6.07) is 0. The third-order valence-corrected chi connectivity index (χ3v) is 12.7. The summed E-state index contributed by atoms with van der Waals surface area (Å²) in [4.78, 5) is 12.9. The highest BCUT2D eigenvalue weighted by Gasteiger charge is 2.69. The third-order valence-electron chi connectivity index (χ3n) is 12.7. The largest absolute Gasteiger partial charge is 0.299 e. The molecule has 5 fully saturated rings. The summed E-state index contributed by atoms with van der Waals surface area (Å²) >= 11 is 0. The second kappa shape index (κ2) is 6.48. The molecule has 0 amide bonds. The Morgan fingerprint density at radius 1 is 0.833 bits per heavy atom. The van der Waals surface area contributed by atoms with Gasteiger partial charge < -0.3 is 0 Å². The number of hydrogen-bond acceptors (Lipinski definition) is 1. The zero-order chi connectivity index (χ0) is 21.7. The highest BCUT2D eigenvalue weighted by atomic mass is 16.1. The van der Waals surface area contributed by atoms with Crippen LogP contribution in [0.15, 0.2) is 12.2 Å². The lowest BCUT2D eigenvalue weighted by Crippen LogP contribution is -2.65. The van der Waals surface area contributed by atoms with Crippen LogP contribution in [0.2, 0.25) is 0 Å². The summed E-state index contributed by atoms with van der Waals surface area (Å²) in [7, 11) is 0. The molecular weight excluding hydrogens is 364 g/mol. The number of ketones is 1. The van der Waals surface area contributed by atoms with Gasteiger partial charge in [0.2, 0.25) is 0 Å². The number of carbonyl (C=O) groups is 1. The standard InChI is InChI=1S/C29H46O/c1-18(2)20-9-8-19-12-16-28(6)21(25(19)20)10-11-23-27(5)15-14-24(30)26(3,4)22(27)13-17-29(23,28)7/h19-23,25H,1,8-17H2,2-7H3/t19?,20?,21?,22?,23?,25-,27-,28?,29-/m0/s1. The lowest BCUT2D eigenvalue weighted by molar-refractivity contribution is -0.225. The maximum Gasteiger partial charge on any atom is 0.138 e. The van der Waals surface area contributed by atoms with Gasteiger partial charge in [-0.15, -0.1) is 0 Å². The molecule has 0 aromatic heterocycles. The Balaban J connectivity index is 1.53. The maximum atomic E-state index is 12.9. The molecule has 0 bridgehead atoms. The molecule has 0 aliphatic heterocycles. The quantitative estimate of drug-likeness (QED) is 0.402. The molecule has 30 heavy (non-hydrogen) atoms. The summed E-state index contributed by atoms with van der Waals surface area (Å²) in [6.45, 7) is 19.3. The van der Waals surface area contributed by atoms with Gasteiger partial charge in [0.1, 0.15) is 5.78 Å². The molecule has 168 valence electrons. The smallest absolute Gasteiger partial charge is 0.138 e. The van der Waals surface area contributed by atoms with Gasteiger partial charge in [-0.1, -0.05) is 46.8 Å². The van der Waals surface area contributed by atoms with E-state index in [2.05, 4.69) is 48.1 Å². The lowest BCUT2D eigenvalue weighted by atomic mass is 9.33. The Morgan fingerprint density at radius 3 is 2.23 bits per heavy atom. The first kappa shape index (κ1) is 21.3. The Morgan fingerprint density at radius 2 is 1.53 bits per heavy atom. The van der Waals surface area contributed by atoms with Crippen LogP contribution in [0.3, 0.4) is 0 Å². The SMILES string of the molecule is C=C(C)C1CCC2CCC3(C)C(CCC4[C@@]5(C)CCC(=O)C(C)(C)C5CC[C@@]43C)[C@@H]21. The first-order chi connectivity index (χ1) is 14.0. The van der Waals surface area contributed by atoms with Gasteiger partial charge in [0, 0.05) is 11.8 Å². The van der Waals surface area contributed by atoms with Crippen molar-refractivity contribution in [2.24, 2.45) is 57.2 Å². The van der Waals surface area contributed by atoms with E-state index in [1.165, 1.54) is 56.9 Å². The maximum absolute atomic E-state index is 12.9. The van der Waals surface area contributed by atoms with Gasteiger partial charge in [0.15, 0.2) is 0 Å². The molecule has 0 spiro atoms. The van der Waals surface area contributed by atoms with Crippen molar-refractivity contribution >= 4 is 5.78 Å². The number of fused-ring (bicyclic) bond motifs is 7. The van der Waals surface area contributed by atoms with Gasteiger partial charge in [0.05, 0.1) is 0 Å². The van der Waals surface area contributed by atoms with Crippen molar-refractivity contribution in [1.29, 1.82) is 0 Å². The average molecular weight is 411 g/mol. The van der Waals surface area contributed by atoms with Crippen molar-refractivity contribution in [3.8, 4) is 0 Å². The van der Waals surface area contributed by atoms with Gasteiger partial charge >= 0.3 is 0 Å². The van der Waals surface area contributed by atoms with Crippen molar-refractivity contribution < 1.29 is 4.79 Å². The van der Waals surface area contributed by atoms with Crippen molar-refractivity contribution in [1.82, 2.24) is 0 Å². The van der Waals surface area contributed by atoms with E-state index in [0.29, 0.717) is 27.9 Å². The topological polar surface area (TPSA) is 17.1 Å². The minimum Gasteiger partial charge on any atom is -0.299 e. The molecule has 0 saturated heterocycles. The fraction of sp³-hybridized carbons (Fsp3) is 0.897. The normalized spacial score (nSPS) is 54.5. The summed E-state index contributed by atoms with van der Waals surface area (Å²) < 4.78 is 0. The van der Waals surface area contributed by atoms with Gasteiger partial charge in [-0.3, -0.25) is 4.79 Å². The minimum absolute atomic E-state index is 0.125. The molecule has 6 unspecified atom stereocenters. The molecule has 0 aromatic rings. The van der Waals surface area contributed by atoms with E-state index in [0.717, 1.165) is 42.4 Å². The first-order valence-electron chi connectivity index (χ1n) is 13.2. The Labute approximate surface area is 185 Å². The zero-order valence-electron chi connectivity index (χ0n) is 20.7. The Bertz CT molecular complexity index is 762. The van der Waals surface area contributed by atoms with E-state index in [-0.39, 0.29) is 5.41 Å². The van der Waals surface area contributed by atoms with E-state index in [1.807, 2.05) is 0 Å². The summed E-state index contributed by atoms with van der Waals surface area (Å²) in [5.41, 5.74) is 2.58. The van der Waals surface area contributed by atoms with Crippen LogP contribution in [0.25, 0.3) is 0 Å². The van der Waals surface area contributed by atoms with Crippen LogP contribution in [0.5, 0.6) is 0 Å². The van der Waals surface area contributed by atoms with Gasteiger partial charge in [-0.05, 0) is 116 Å². The molecule has 0 radical (unpaired) electrons. The predicted octanol–water partition coefficient (Wildman–Crippen LogP) is 7.84. The van der Waals surface area contributed by atoms with Crippen LogP contribution in [0.1, 0.15) is 106 Å². The summed E-state index contributed by atoms with van der Waals surface area (Å²) in [5, 5.41) is 0. The second-order valence-electron chi connectivity index (χ2n) is 13.7. The highest BCUT2D eigenvalue weighted by Crippen LogP contribution is 2.75. The molecule has 1 heteroatoms. The molecule has 5 saturated carbocycles. The van der Waals surface area contributed by atoms with Gasteiger partial charge in [0.25, 0.3) is 0 Å². The van der Waals surface area contributed by atoms with E-state index >= 15 is 0 Å². The number of Topliss-reactive ketones (excluding diaryl/α,β-unsaturated/α-hetero) is 1. The Hall–Kier alpha value is -0.590. The molecule has 5 aliphatic rings. The zero-order valence-corrected chi connectivity index (χ0v) is 20.7. The van der Waals surface area contributed by atoms with Crippen LogP contribution in [-0.4, -0.2) is 5.78 Å². The molecule has 9 atom stereocenters. The second-order valence-corrected chi connectivity index (χ2v) is 13.7. The molecule has 0 N–H and O–H groups in total. The van der Waals surface area contributed by atoms with Crippen molar-refractivity contribution in [3.63, 3.8) is 0 Å². The molecule has 0 heterocycles. The number of carbonyl (C=O) groups excluding carboxylic acids is 1. The number of hydrogen-bond donors (Lipinski definition) is 0. The van der Waals surface area contributed by atoms with Crippen LogP contribution >= 0.6 is 0 Å². The summed E-state index contributed by atoms with van der Waals surface area (Å²) in [6.07, 6.45) is 13.1. The van der Waals surface area contributed by atoms with E-state index in [1.54, 1.807) is 0 Å². The fourth-order valence-electron chi connectivity index (χ4n) is 11.0. The minimum atomic E-state index is -0.125. The first-order valence-corrected chi connectivity index (χ1v) is 13.2. The predicted molar refractivity (Wildman–Crippen MR) is 125 cm³/mol. The van der Waals surface area contributed by atoms with Gasteiger partial charge in [-0.2, -0.15) is 0 Å². The molecule has 5 rings (SSSR count). The van der Waals surface area contributed by atoms with E-state index < -0.39 is 0 Å². The lowest BCUT2D eigenvalue weighted by Gasteiger charge is -2.71.